The van der Waals surface area contributed by atoms with Gasteiger partial charge in [-0.05, 0) is 6.42 Å². The van der Waals surface area contributed by atoms with Crippen LogP contribution >= 0.6 is 11.8 Å². The van der Waals surface area contributed by atoms with Gasteiger partial charge < -0.3 is 0 Å². The number of alkyl halides is 5. The molecule has 112 valence electrons. The van der Waals surface area contributed by atoms with Crippen molar-refractivity contribution in [2.24, 2.45) is 0 Å². The second-order valence-electron chi connectivity index (χ2n) is 4.14. The Morgan fingerprint density at radius 1 is 1.10 bits per heavy atom. The van der Waals surface area contributed by atoms with Gasteiger partial charge in [-0.3, -0.25) is 4.79 Å². The molecule has 0 aromatic heterocycles. The van der Waals surface area contributed by atoms with E-state index in [9.17, 15) is 26.7 Å². The van der Waals surface area contributed by atoms with Crippen LogP contribution < -0.4 is 0 Å². The maximum absolute atomic E-state index is 13.2. The van der Waals surface area contributed by atoms with Crippen LogP contribution in [-0.2, 0) is 0 Å². The summed E-state index contributed by atoms with van der Waals surface area (Å²) in [6, 6.07) is 8.19. The quantitative estimate of drug-likeness (QED) is 0.715. The number of rotatable bonds is 6. The number of thioether (sulfide) groups is 1. The lowest BCUT2D eigenvalue weighted by Crippen LogP contribution is -2.25. The van der Waals surface area contributed by atoms with Gasteiger partial charge in [-0.1, -0.05) is 42.1 Å². The van der Waals surface area contributed by atoms with Crippen molar-refractivity contribution in [3.63, 3.8) is 0 Å². The average molecular weight is 312 g/mol. The highest BCUT2D eigenvalue weighted by Gasteiger charge is 2.36. The maximum Gasteiger partial charge on any atom is 0.392 e. The Balaban J connectivity index is 2.32. The molecule has 1 rings (SSSR count). The van der Waals surface area contributed by atoms with Gasteiger partial charge in [0.1, 0.15) is 12.3 Å². The molecule has 0 N–H and O–H groups in total. The second-order valence-corrected chi connectivity index (χ2v) is 5.21. The van der Waals surface area contributed by atoms with Gasteiger partial charge in [0.2, 0.25) is 5.12 Å². The molecule has 0 amide bonds. The minimum absolute atomic E-state index is 0.0623. The minimum Gasteiger partial charge on any atom is -0.282 e. The standard InChI is InChI=1S/C13H13F5OS/c14-10(11(15)8-13(16,17)18)6-7-20-12(19)9-4-2-1-3-5-9/h1-5,10-11H,6-8H2. The summed E-state index contributed by atoms with van der Waals surface area (Å²) in [5.41, 5.74) is 0.417. The van der Waals surface area contributed by atoms with Crippen LogP contribution in [0.5, 0.6) is 0 Å². The van der Waals surface area contributed by atoms with Gasteiger partial charge in [-0.15, -0.1) is 0 Å². The number of hydrogen-bond donors (Lipinski definition) is 0. The van der Waals surface area contributed by atoms with E-state index >= 15 is 0 Å². The lowest BCUT2D eigenvalue weighted by Gasteiger charge is -2.14. The molecule has 0 spiro atoms. The zero-order chi connectivity index (χ0) is 15.2. The number of hydrogen-bond acceptors (Lipinski definition) is 2. The summed E-state index contributed by atoms with van der Waals surface area (Å²) in [6.45, 7) is 0. The molecular formula is C13H13F5OS. The molecule has 1 nitrogen and oxygen atoms in total. The number of carbonyl (C=O) groups excluding carboxylic acids is 1. The Morgan fingerprint density at radius 2 is 1.70 bits per heavy atom. The van der Waals surface area contributed by atoms with E-state index in [2.05, 4.69) is 0 Å². The molecule has 0 aliphatic carbocycles. The maximum atomic E-state index is 13.2. The van der Waals surface area contributed by atoms with Gasteiger partial charge in [0.15, 0.2) is 0 Å². The minimum atomic E-state index is -4.73. The van der Waals surface area contributed by atoms with Crippen molar-refractivity contribution < 1.29 is 26.7 Å². The van der Waals surface area contributed by atoms with E-state index in [0.29, 0.717) is 5.56 Å². The molecule has 1 aromatic rings. The van der Waals surface area contributed by atoms with Gasteiger partial charge in [-0.25, -0.2) is 8.78 Å². The Morgan fingerprint density at radius 3 is 2.25 bits per heavy atom. The highest BCUT2D eigenvalue weighted by atomic mass is 32.2. The van der Waals surface area contributed by atoms with Crippen LogP contribution in [0.2, 0.25) is 0 Å². The molecule has 0 radical (unpaired) electrons. The molecule has 1 aromatic carbocycles. The van der Waals surface area contributed by atoms with Crippen molar-refractivity contribution in [1.29, 1.82) is 0 Å². The lowest BCUT2D eigenvalue weighted by atomic mass is 10.1. The van der Waals surface area contributed by atoms with Crippen LogP contribution in [0, 0.1) is 0 Å². The average Bonchev–Trinajstić information content (AvgIpc) is 2.37. The Hall–Kier alpha value is -1.11. The second kappa shape index (κ2) is 7.61. The number of halogens is 5. The Labute approximate surface area is 117 Å². The predicted molar refractivity (Wildman–Crippen MR) is 68.3 cm³/mol. The third kappa shape index (κ3) is 6.36. The fourth-order valence-electron chi connectivity index (χ4n) is 1.45. The van der Waals surface area contributed by atoms with Crippen molar-refractivity contribution in [2.75, 3.05) is 5.75 Å². The van der Waals surface area contributed by atoms with Crippen molar-refractivity contribution in [2.45, 2.75) is 31.4 Å². The summed E-state index contributed by atoms with van der Waals surface area (Å²) in [7, 11) is 0. The lowest BCUT2D eigenvalue weighted by molar-refractivity contribution is -0.151. The van der Waals surface area contributed by atoms with Crippen molar-refractivity contribution >= 4 is 16.9 Å². The van der Waals surface area contributed by atoms with Gasteiger partial charge in [-0.2, -0.15) is 13.2 Å². The van der Waals surface area contributed by atoms with Gasteiger partial charge in [0, 0.05) is 11.3 Å². The Bertz CT molecular complexity index is 421. The molecule has 7 heteroatoms. The molecule has 0 aliphatic heterocycles. The molecule has 0 fully saturated rings. The van der Waals surface area contributed by atoms with Crippen LogP contribution in [0.1, 0.15) is 23.2 Å². The summed E-state index contributed by atoms with van der Waals surface area (Å²) >= 11 is 0.766. The largest absolute Gasteiger partial charge is 0.392 e. The van der Waals surface area contributed by atoms with Crippen LogP contribution in [0.25, 0.3) is 0 Å². The van der Waals surface area contributed by atoms with E-state index in [-0.39, 0.29) is 10.9 Å². The van der Waals surface area contributed by atoms with E-state index in [1.165, 1.54) is 0 Å². The molecule has 2 atom stereocenters. The summed E-state index contributed by atoms with van der Waals surface area (Å²) in [6.07, 6.45) is -11.8. The SMILES string of the molecule is O=C(SCCC(F)C(F)CC(F)(F)F)c1ccccc1. The Kier molecular flexibility index (Phi) is 6.45. The highest BCUT2D eigenvalue weighted by molar-refractivity contribution is 8.14. The van der Waals surface area contributed by atoms with E-state index in [1.807, 2.05) is 0 Å². The third-order valence-corrected chi connectivity index (χ3v) is 3.39. The predicted octanol–water partition coefficient (Wildman–Crippen LogP) is 4.58. The zero-order valence-electron chi connectivity index (χ0n) is 10.4. The summed E-state index contributed by atoms with van der Waals surface area (Å²) < 4.78 is 61.7. The van der Waals surface area contributed by atoms with Crippen LogP contribution in [-0.4, -0.2) is 29.4 Å². The summed E-state index contributed by atoms with van der Waals surface area (Å²) in [5.74, 6) is -0.0623. The molecule has 0 saturated carbocycles. The fraction of sp³-hybridized carbons (Fsp3) is 0.462. The molecule has 0 aliphatic rings. The van der Waals surface area contributed by atoms with E-state index in [4.69, 9.17) is 0 Å². The topological polar surface area (TPSA) is 17.1 Å². The molecule has 0 heterocycles. The first-order valence-electron chi connectivity index (χ1n) is 5.86. The third-order valence-electron chi connectivity index (χ3n) is 2.46. The van der Waals surface area contributed by atoms with E-state index < -0.39 is 31.4 Å². The van der Waals surface area contributed by atoms with Gasteiger partial charge >= 0.3 is 6.18 Å². The first-order chi connectivity index (χ1) is 9.29. The van der Waals surface area contributed by atoms with Gasteiger partial charge in [0.05, 0.1) is 6.42 Å². The molecule has 20 heavy (non-hydrogen) atoms. The van der Waals surface area contributed by atoms with Crippen molar-refractivity contribution in [3.8, 4) is 0 Å². The first kappa shape index (κ1) is 16.9. The summed E-state index contributed by atoms with van der Waals surface area (Å²) in [4.78, 5) is 11.6. The van der Waals surface area contributed by atoms with Gasteiger partial charge in [0.25, 0.3) is 0 Å². The van der Waals surface area contributed by atoms with E-state index in [0.717, 1.165) is 11.8 Å². The number of benzene rings is 1. The van der Waals surface area contributed by atoms with Crippen molar-refractivity contribution in [1.82, 2.24) is 0 Å². The van der Waals surface area contributed by atoms with Crippen LogP contribution in [0.4, 0.5) is 22.0 Å². The van der Waals surface area contributed by atoms with Crippen LogP contribution in [0.3, 0.4) is 0 Å². The molecular weight excluding hydrogens is 299 g/mol. The molecule has 2 unspecified atom stereocenters. The van der Waals surface area contributed by atoms with Crippen molar-refractivity contribution in [3.05, 3.63) is 35.9 Å². The number of carbonyl (C=O) groups is 1. The molecule has 0 saturated heterocycles. The first-order valence-corrected chi connectivity index (χ1v) is 6.85. The van der Waals surface area contributed by atoms with Crippen LogP contribution in [0.15, 0.2) is 30.3 Å². The summed E-state index contributed by atoms with van der Waals surface area (Å²) in [5, 5.41) is -0.316. The van der Waals surface area contributed by atoms with E-state index in [1.54, 1.807) is 30.3 Å². The zero-order valence-corrected chi connectivity index (χ0v) is 11.2. The molecule has 0 bridgehead atoms. The monoisotopic (exact) mass is 312 g/mol. The fourth-order valence-corrected chi connectivity index (χ4v) is 2.28. The smallest absolute Gasteiger partial charge is 0.282 e. The highest BCUT2D eigenvalue weighted by Crippen LogP contribution is 2.27. The normalized spacial score (nSPS) is 14.8.